The van der Waals surface area contributed by atoms with E-state index in [0.717, 1.165) is 12.3 Å². The van der Waals surface area contributed by atoms with Crippen LogP contribution in [0.4, 0.5) is 13.2 Å². The maximum atomic E-state index is 12.5. The topological polar surface area (TPSA) is 36.7 Å². The average Bonchev–Trinajstić information content (AvgIpc) is 2.41. The minimum absolute atomic E-state index is 0.267. The van der Waals surface area contributed by atoms with Gasteiger partial charge in [0, 0.05) is 11.2 Å². The number of benzene rings is 1. The van der Waals surface area contributed by atoms with Crippen LogP contribution in [0.25, 0.3) is 0 Å². The predicted molar refractivity (Wildman–Crippen MR) is 68.1 cm³/mol. The monoisotopic (exact) mass is 296 g/mol. The normalized spacial score (nSPS) is 12.8. The zero-order chi connectivity index (χ0) is 14.8. The van der Waals surface area contributed by atoms with Crippen molar-refractivity contribution in [2.24, 2.45) is 0 Å². The first-order chi connectivity index (χ1) is 9.41. The van der Waals surface area contributed by atoms with Crippen LogP contribution in [0.3, 0.4) is 0 Å². The van der Waals surface area contributed by atoms with E-state index < -0.39 is 17.7 Å². The molecule has 2 rings (SSSR count). The van der Waals surface area contributed by atoms with Gasteiger partial charge in [0.05, 0.1) is 17.3 Å². The fraction of sp³-hybridized carbons (Fsp3) is 0.143. The maximum absolute atomic E-state index is 12.5. The second kappa shape index (κ2) is 5.51. The molecule has 20 heavy (non-hydrogen) atoms. The molecule has 6 heteroatoms. The van der Waals surface area contributed by atoms with Gasteiger partial charge in [-0.15, -0.1) is 0 Å². The molecule has 0 aliphatic heterocycles. The third-order valence-corrected chi connectivity index (χ3v) is 2.99. The molecule has 0 spiro atoms. The van der Waals surface area contributed by atoms with Gasteiger partial charge in [-0.2, -0.15) is 18.4 Å². The third kappa shape index (κ3) is 3.09. The van der Waals surface area contributed by atoms with Crippen LogP contribution < -0.4 is 0 Å². The Kier molecular flexibility index (Phi) is 3.96. The van der Waals surface area contributed by atoms with Crippen molar-refractivity contribution in [2.75, 3.05) is 0 Å². The molecule has 0 fully saturated rings. The van der Waals surface area contributed by atoms with Gasteiger partial charge in [-0.1, -0.05) is 23.7 Å². The van der Waals surface area contributed by atoms with Gasteiger partial charge in [0.1, 0.15) is 5.92 Å². The van der Waals surface area contributed by atoms with Gasteiger partial charge in [0.15, 0.2) is 0 Å². The number of hydrogen-bond donors (Lipinski definition) is 0. The van der Waals surface area contributed by atoms with Crippen LogP contribution in [0.2, 0.25) is 5.02 Å². The quantitative estimate of drug-likeness (QED) is 0.823. The first-order valence-electron chi connectivity index (χ1n) is 5.60. The highest BCUT2D eigenvalue weighted by atomic mass is 35.5. The van der Waals surface area contributed by atoms with Crippen LogP contribution in [-0.4, -0.2) is 4.98 Å². The highest BCUT2D eigenvalue weighted by Crippen LogP contribution is 2.30. The molecule has 1 atom stereocenters. The van der Waals surface area contributed by atoms with Crippen molar-refractivity contribution >= 4 is 11.6 Å². The summed E-state index contributed by atoms with van der Waals surface area (Å²) < 4.78 is 37.4. The van der Waals surface area contributed by atoms with Crippen LogP contribution in [0.15, 0.2) is 42.6 Å². The Morgan fingerprint density at radius 2 is 1.75 bits per heavy atom. The summed E-state index contributed by atoms with van der Waals surface area (Å²) >= 11 is 5.75. The summed E-state index contributed by atoms with van der Waals surface area (Å²) in [5, 5.41) is 9.71. The summed E-state index contributed by atoms with van der Waals surface area (Å²) in [5.74, 6) is -0.727. The summed E-state index contributed by atoms with van der Waals surface area (Å²) in [4.78, 5) is 3.74. The Morgan fingerprint density at radius 3 is 2.20 bits per heavy atom. The van der Waals surface area contributed by atoms with E-state index in [0.29, 0.717) is 10.6 Å². The molecule has 0 saturated carbocycles. The molecule has 1 unspecified atom stereocenters. The first-order valence-corrected chi connectivity index (χ1v) is 5.98. The second-order valence-corrected chi connectivity index (χ2v) is 4.52. The summed E-state index contributed by atoms with van der Waals surface area (Å²) in [6.07, 6.45) is -3.70. The number of aromatic nitrogens is 1. The van der Waals surface area contributed by atoms with Crippen molar-refractivity contribution in [3.05, 3.63) is 64.4 Å². The molecule has 0 saturated heterocycles. The van der Waals surface area contributed by atoms with Gasteiger partial charge in [-0.25, -0.2) is 0 Å². The lowest BCUT2D eigenvalue weighted by molar-refractivity contribution is -0.137. The van der Waals surface area contributed by atoms with Crippen molar-refractivity contribution in [1.82, 2.24) is 4.98 Å². The molecule has 0 aliphatic rings. The molecule has 0 amide bonds. The van der Waals surface area contributed by atoms with Gasteiger partial charge in [-0.3, -0.25) is 4.98 Å². The van der Waals surface area contributed by atoms with Gasteiger partial charge in [-0.05, 0) is 29.8 Å². The summed E-state index contributed by atoms with van der Waals surface area (Å²) in [7, 11) is 0. The van der Waals surface area contributed by atoms with Crippen LogP contribution in [0, 0.1) is 11.3 Å². The number of pyridine rings is 1. The van der Waals surface area contributed by atoms with E-state index in [-0.39, 0.29) is 5.69 Å². The smallest absolute Gasteiger partial charge is 0.259 e. The number of nitrogens with zero attached hydrogens (tertiary/aromatic N) is 2. The Hall–Kier alpha value is -2.06. The minimum Gasteiger partial charge on any atom is -0.259 e. The lowest BCUT2D eigenvalue weighted by Gasteiger charge is -2.11. The van der Waals surface area contributed by atoms with E-state index in [1.165, 1.54) is 6.07 Å². The van der Waals surface area contributed by atoms with Crippen molar-refractivity contribution in [3.8, 4) is 6.07 Å². The summed E-state index contributed by atoms with van der Waals surface area (Å²) in [5.41, 5.74) is 0.0565. The van der Waals surface area contributed by atoms with Crippen molar-refractivity contribution in [2.45, 2.75) is 12.1 Å². The van der Waals surface area contributed by atoms with E-state index >= 15 is 0 Å². The van der Waals surface area contributed by atoms with E-state index in [2.05, 4.69) is 4.98 Å². The Labute approximate surface area is 118 Å². The fourth-order valence-corrected chi connectivity index (χ4v) is 1.84. The van der Waals surface area contributed by atoms with Gasteiger partial charge >= 0.3 is 6.18 Å². The standard InChI is InChI=1S/C14H8ClF3N2/c15-11-4-1-9(2-5-11)12(7-19)13-6-3-10(8-20-13)14(16,17)18/h1-6,8,12H. The summed E-state index contributed by atoms with van der Waals surface area (Å²) in [6, 6.07) is 10.7. The number of alkyl halides is 3. The van der Waals surface area contributed by atoms with Crippen LogP contribution in [0.5, 0.6) is 0 Å². The van der Waals surface area contributed by atoms with E-state index in [1.54, 1.807) is 24.3 Å². The predicted octanol–water partition coefficient (Wildman–Crippen LogP) is 4.41. The number of hydrogen-bond acceptors (Lipinski definition) is 2. The van der Waals surface area contributed by atoms with Crippen LogP contribution >= 0.6 is 11.6 Å². The highest BCUT2D eigenvalue weighted by Gasteiger charge is 2.31. The summed E-state index contributed by atoms with van der Waals surface area (Å²) in [6.45, 7) is 0. The lowest BCUT2D eigenvalue weighted by atomic mass is 9.96. The Bertz CT molecular complexity index is 627. The molecule has 102 valence electrons. The molecule has 0 bridgehead atoms. The molecule has 1 aromatic heterocycles. The molecule has 0 N–H and O–H groups in total. The number of nitriles is 1. The fourth-order valence-electron chi connectivity index (χ4n) is 1.71. The lowest BCUT2D eigenvalue weighted by Crippen LogP contribution is -2.07. The van der Waals surface area contributed by atoms with E-state index in [4.69, 9.17) is 11.6 Å². The zero-order valence-corrected chi connectivity index (χ0v) is 10.8. The molecular weight excluding hydrogens is 289 g/mol. The first kappa shape index (κ1) is 14.4. The molecule has 2 nitrogen and oxygen atoms in total. The minimum atomic E-state index is -4.44. The van der Waals surface area contributed by atoms with Crippen molar-refractivity contribution < 1.29 is 13.2 Å². The van der Waals surface area contributed by atoms with Crippen LogP contribution in [-0.2, 0) is 6.18 Å². The third-order valence-electron chi connectivity index (χ3n) is 2.74. The molecule has 0 aliphatic carbocycles. The maximum Gasteiger partial charge on any atom is 0.417 e. The van der Waals surface area contributed by atoms with Crippen LogP contribution in [0.1, 0.15) is 22.7 Å². The molecular formula is C14H8ClF3N2. The van der Waals surface area contributed by atoms with E-state index in [9.17, 15) is 18.4 Å². The van der Waals surface area contributed by atoms with Gasteiger partial charge in [0.25, 0.3) is 0 Å². The largest absolute Gasteiger partial charge is 0.417 e. The number of rotatable bonds is 2. The Balaban J connectivity index is 2.34. The highest BCUT2D eigenvalue weighted by molar-refractivity contribution is 6.30. The SMILES string of the molecule is N#CC(c1ccc(Cl)cc1)c1ccc(C(F)(F)F)cn1. The van der Waals surface area contributed by atoms with E-state index in [1.807, 2.05) is 6.07 Å². The number of halogens is 4. The molecule has 0 radical (unpaired) electrons. The average molecular weight is 297 g/mol. The molecule has 2 aromatic rings. The van der Waals surface area contributed by atoms with Gasteiger partial charge in [0.2, 0.25) is 0 Å². The van der Waals surface area contributed by atoms with Crippen molar-refractivity contribution in [3.63, 3.8) is 0 Å². The zero-order valence-electron chi connectivity index (χ0n) is 10.0. The van der Waals surface area contributed by atoms with Gasteiger partial charge < -0.3 is 0 Å². The molecule has 1 aromatic carbocycles. The molecule has 1 heterocycles. The Morgan fingerprint density at radius 1 is 1.10 bits per heavy atom. The second-order valence-electron chi connectivity index (χ2n) is 4.08. The van der Waals surface area contributed by atoms with Crippen molar-refractivity contribution in [1.29, 1.82) is 5.26 Å².